The highest BCUT2D eigenvalue weighted by Crippen LogP contribution is 2.26. The average molecular weight is 270 g/mol. The summed E-state index contributed by atoms with van der Waals surface area (Å²) in [4.78, 5) is 19.0. The fraction of sp³-hybridized carbons (Fsp3) is 0.467. The molecule has 4 rings (SSSR count). The Morgan fingerprint density at radius 2 is 2.30 bits per heavy atom. The van der Waals surface area contributed by atoms with E-state index in [1.165, 1.54) is 19.5 Å². The molecule has 2 bridgehead atoms. The second-order valence-electron chi connectivity index (χ2n) is 5.93. The van der Waals surface area contributed by atoms with E-state index < -0.39 is 0 Å². The molecule has 1 amide bonds. The summed E-state index contributed by atoms with van der Waals surface area (Å²) in [5.74, 6) is 0.790. The Morgan fingerprint density at radius 1 is 1.35 bits per heavy atom. The molecule has 20 heavy (non-hydrogen) atoms. The van der Waals surface area contributed by atoms with E-state index in [1.807, 2.05) is 28.9 Å². The van der Waals surface area contributed by atoms with Crippen LogP contribution in [0.15, 0.2) is 30.7 Å². The van der Waals surface area contributed by atoms with Gasteiger partial charge in [-0.3, -0.25) is 4.79 Å². The maximum atomic E-state index is 12.3. The molecule has 0 spiro atoms. The van der Waals surface area contributed by atoms with Crippen LogP contribution in [0.25, 0.3) is 5.65 Å². The Balaban J connectivity index is 1.49. The van der Waals surface area contributed by atoms with Gasteiger partial charge >= 0.3 is 0 Å². The highest BCUT2D eigenvalue weighted by molar-refractivity contribution is 5.94. The minimum absolute atomic E-state index is 0.0214. The number of piperidine rings is 1. The van der Waals surface area contributed by atoms with Crippen molar-refractivity contribution in [3.63, 3.8) is 0 Å². The number of amides is 1. The van der Waals surface area contributed by atoms with Crippen molar-refractivity contribution in [3.05, 3.63) is 36.3 Å². The van der Waals surface area contributed by atoms with Crippen LogP contribution in [0.1, 0.15) is 23.2 Å². The zero-order chi connectivity index (χ0) is 13.5. The summed E-state index contributed by atoms with van der Waals surface area (Å²) in [7, 11) is 0. The van der Waals surface area contributed by atoms with Crippen LogP contribution >= 0.6 is 0 Å². The van der Waals surface area contributed by atoms with E-state index in [4.69, 9.17) is 0 Å². The van der Waals surface area contributed by atoms with Gasteiger partial charge in [-0.1, -0.05) is 0 Å². The minimum Gasteiger partial charge on any atom is -0.348 e. The number of fused-ring (bicyclic) bond motifs is 3. The number of nitrogens with one attached hydrogen (secondary N) is 1. The van der Waals surface area contributed by atoms with E-state index in [2.05, 4.69) is 15.2 Å². The van der Waals surface area contributed by atoms with Crippen molar-refractivity contribution in [1.29, 1.82) is 0 Å². The molecule has 1 N–H and O–H groups in total. The maximum Gasteiger partial charge on any atom is 0.253 e. The molecular formula is C15H18N4O. The van der Waals surface area contributed by atoms with Gasteiger partial charge in [0.15, 0.2) is 0 Å². The zero-order valence-electron chi connectivity index (χ0n) is 11.3. The topological polar surface area (TPSA) is 49.6 Å². The van der Waals surface area contributed by atoms with Crippen molar-refractivity contribution in [3.8, 4) is 0 Å². The molecule has 2 saturated heterocycles. The van der Waals surface area contributed by atoms with Crippen LogP contribution in [0.5, 0.6) is 0 Å². The van der Waals surface area contributed by atoms with Gasteiger partial charge in [0, 0.05) is 37.7 Å². The van der Waals surface area contributed by atoms with Crippen LogP contribution in [0.3, 0.4) is 0 Å². The van der Waals surface area contributed by atoms with E-state index in [0.717, 1.165) is 24.5 Å². The van der Waals surface area contributed by atoms with Gasteiger partial charge in [-0.05, 0) is 37.4 Å². The van der Waals surface area contributed by atoms with Gasteiger partial charge < -0.3 is 14.6 Å². The predicted octanol–water partition coefficient (Wildman–Crippen LogP) is 1.16. The second kappa shape index (κ2) is 4.59. The second-order valence-corrected chi connectivity index (χ2v) is 5.93. The molecular weight excluding hydrogens is 252 g/mol. The van der Waals surface area contributed by atoms with Crippen LogP contribution in [-0.4, -0.2) is 45.9 Å². The van der Waals surface area contributed by atoms with Crippen LogP contribution in [-0.2, 0) is 0 Å². The molecule has 2 aromatic rings. The summed E-state index contributed by atoms with van der Waals surface area (Å²) in [5.41, 5.74) is 1.56. The fourth-order valence-electron chi connectivity index (χ4n) is 3.49. The molecule has 2 fully saturated rings. The van der Waals surface area contributed by atoms with Crippen molar-refractivity contribution in [2.24, 2.45) is 5.92 Å². The molecule has 0 saturated carbocycles. The predicted molar refractivity (Wildman–Crippen MR) is 75.6 cm³/mol. The molecule has 4 heterocycles. The third-order valence-corrected chi connectivity index (χ3v) is 4.45. The molecule has 3 atom stereocenters. The first-order valence-electron chi connectivity index (χ1n) is 7.24. The van der Waals surface area contributed by atoms with Gasteiger partial charge in [0.1, 0.15) is 5.65 Å². The summed E-state index contributed by atoms with van der Waals surface area (Å²) in [6.07, 6.45) is 7.85. The molecule has 2 aromatic heterocycles. The number of hydrogen-bond acceptors (Lipinski definition) is 3. The Kier molecular flexibility index (Phi) is 2.73. The van der Waals surface area contributed by atoms with Crippen molar-refractivity contribution in [2.75, 3.05) is 19.6 Å². The van der Waals surface area contributed by atoms with Crippen molar-refractivity contribution in [1.82, 2.24) is 19.6 Å². The van der Waals surface area contributed by atoms with Crippen LogP contribution in [0.4, 0.5) is 0 Å². The monoisotopic (exact) mass is 270 g/mol. The average Bonchev–Trinajstić information content (AvgIpc) is 3.04. The fourth-order valence-corrected chi connectivity index (χ4v) is 3.49. The Morgan fingerprint density at radius 3 is 3.20 bits per heavy atom. The lowest BCUT2D eigenvalue weighted by atomic mass is 9.96. The first-order chi connectivity index (χ1) is 9.78. The molecule has 2 aliphatic heterocycles. The van der Waals surface area contributed by atoms with Crippen LogP contribution in [0, 0.1) is 5.92 Å². The Bertz CT molecular complexity index is 638. The number of carbonyl (C=O) groups excluding carboxylic acids is 1. The lowest BCUT2D eigenvalue weighted by Crippen LogP contribution is -2.47. The first kappa shape index (κ1) is 11.9. The molecule has 0 radical (unpaired) electrons. The number of aromatic nitrogens is 2. The number of pyridine rings is 1. The van der Waals surface area contributed by atoms with E-state index in [-0.39, 0.29) is 5.91 Å². The maximum absolute atomic E-state index is 12.3. The van der Waals surface area contributed by atoms with Crippen molar-refractivity contribution < 1.29 is 4.79 Å². The van der Waals surface area contributed by atoms with Crippen LogP contribution in [0.2, 0.25) is 0 Å². The number of imidazole rings is 1. The van der Waals surface area contributed by atoms with Gasteiger partial charge in [-0.15, -0.1) is 0 Å². The smallest absolute Gasteiger partial charge is 0.253 e. The molecule has 5 heteroatoms. The third kappa shape index (κ3) is 2.08. The number of nitrogens with zero attached hydrogens (tertiary/aromatic N) is 3. The summed E-state index contributed by atoms with van der Waals surface area (Å²) in [6, 6.07) is 4.01. The molecule has 1 unspecified atom stereocenters. The van der Waals surface area contributed by atoms with E-state index in [0.29, 0.717) is 11.6 Å². The summed E-state index contributed by atoms with van der Waals surface area (Å²) in [6.45, 7) is 3.40. The third-order valence-electron chi connectivity index (χ3n) is 4.45. The van der Waals surface area contributed by atoms with E-state index >= 15 is 0 Å². The summed E-state index contributed by atoms with van der Waals surface area (Å²) < 4.78 is 1.88. The molecule has 0 aromatic carbocycles. The van der Waals surface area contributed by atoms with Gasteiger partial charge in [0.25, 0.3) is 5.91 Å². The molecule has 2 aliphatic rings. The quantitative estimate of drug-likeness (QED) is 0.891. The summed E-state index contributed by atoms with van der Waals surface area (Å²) in [5, 5.41) is 3.18. The lowest BCUT2D eigenvalue weighted by Gasteiger charge is -2.30. The summed E-state index contributed by atoms with van der Waals surface area (Å²) >= 11 is 0. The number of hydrogen-bond donors (Lipinski definition) is 1. The van der Waals surface area contributed by atoms with Crippen molar-refractivity contribution >= 4 is 11.6 Å². The molecule has 104 valence electrons. The number of rotatable bonds is 2. The largest absolute Gasteiger partial charge is 0.348 e. The van der Waals surface area contributed by atoms with E-state index in [1.54, 1.807) is 6.20 Å². The van der Waals surface area contributed by atoms with Crippen LogP contribution < -0.4 is 5.32 Å². The Labute approximate surface area is 117 Å². The molecule has 5 nitrogen and oxygen atoms in total. The van der Waals surface area contributed by atoms with Gasteiger partial charge in [-0.2, -0.15) is 0 Å². The standard InChI is InChI=1S/C15H18N4O/c20-15(12-1-2-14-16-4-6-19(14)9-12)17-13-7-11-3-5-18(8-11)10-13/h1-2,4,6,9,11,13H,3,5,7-8,10H2,(H,17,20)/t11-,13-/m1/s1. The highest BCUT2D eigenvalue weighted by atomic mass is 16.1. The zero-order valence-corrected chi connectivity index (χ0v) is 11.3. The Hall–Kier alpha value is -1.88. The van der Waals surface area contributed by atoms with Gasteiger partial charge in [-0.25, -0.2) is 4.98 Å². The first-order valence-corrected chi connectivity index (χ1v) is 7.24. The van der Waals surface area contributed by atoms with Gasteiger partial charge in [0.05, 0.1) is 5.56 Å². The highest BCUT2D eigenvalue weighted by Gasteiger charge is 2.32. The lowest BCUT2D eigenvalue weighted by molar-refractivity contribution is 0.0909. The van der Waals surface area contributed by atoms with E-state index in [9.17, 15) is 4.79 Å². The van der Waals surface area contributed by atoms with Gasteiger partial charge in [0.2, 0.25) is 0 Å². The molecule has 0 aliphatic carbocycles. The normalized spacial score (nSPS) is 28.7. The van der Waals surface area contributed by atoms with Crippen molar-refractivity contribution in [2.45, 2.75) is 18.9 Å². The minimum atomic E-state index is 0.0214. The SMILES string of the molecule is O=C(N[C@@H]1C[C@H]2CCN(C2)C1)c1ccc2nccn2c1. The number of carbonyl (C=O) groups is 1.